The average molecular weight is 330 g/mol. The van der Waals surface area contributed by atoms with Crippen LogP contribution >= 0.6 is 12.4 Å². The van der Waals surface area contributed by atoms with Crippen molar-refractivity contribution in [1.29, 1.82) is 0 Å². The van der Waals surface area contributed by atoms with Gasteiger partial charge in [0.1, 0.15) is 5.82 Å². The van der Waals surface area contributed by atoms with Gasteiger partial charge in [-0.25, -0.2) is 9.97 Å². The molecule has 3 nitrogen and oxygen atoms in total. The molecule has 0 saturated heterocycles. The number of aryl methyl sites for hydroxylation is 1. The van der Waals surface area contributed by atoms with Gasteiger partial charge in [0.05, 0.1) is 5.69 Å². The van der Waals surface area contributed by atoms with Gasteiger partial charge in [-0.05, 0) is 41.8 Å². The fraction of sp³-hybridized carbons (Fsp3) is 0.111. The molecule has 2 N–H and O–H groups in total. The number of pyridine rings is 2. The zero-order valence-corrected chi connectivity index (χ0v) is 13.5. The van der Waals surface area contributed by atoms with Gasteiger partial charge in [-0.3, -0.25) is 0 Å². The Morgan fingerprint density at radius 1 is 0.957 bits per heavy atom. The van der Waals surface area contributed by atoms with Crippen molar-refractivity contribution in [3.05, 3.63) is 66.4 Å². The van der Waals surface area contributed by atoms with Crippen LogP contribution in [0.4, 0.5) is 10.2 Å². The summed E-state index contributed by atoms with van der Waals surface area (Å²) in [5.74, 6) is 0.0335. The Labute approximate surface area is 140 Å². The molecule has 0 bridgehead atoms. The van der Waals surface area contributed by atoms with E-state index in [9.17, 15) is 4.39 Å². The van der Waals surface area contributed by atoms with E-state index in [0.29, 0.717) is 5.82 Å². The minimum atomic E-state index is -0.482. The molecule has 3 rings (SSSR count). The zero-order valence-electron chi connectivity index (χ0n) is 12.7. The molecular weight excluding hydrogens is 313 g/mol. The summed E-state index contributed by atoms with van der Waals surface area (Å²) in [6.07, 6.45) is 2.33. The highest BCUT2D eigenvalue weighted by atomic mass is 35.5. The summed E-state index contributed by atoms with van der Waals surface area (Å²) in [4.78, 5) is 8.16. The third kappa shape index (κ3) is 3.48. The number of nitrogen functional groups attached to an aromatic ring is 1. The summed E-state index contributed by atoms with van der Waals surface area (Å²) in [5.41, 5.74) is 10.7. The second kappa shape index (κ2) is 7.20. The molecule has 2 aromatic heterocycles. The fourth-order valence-electron chi connectivity index (χ4n) is 2.54. The molecule has 0 saturated carbocycles. The number of anilines is 1. The van der Waals surface area contributed by atoms with E-state index in [2.05, 4.69) is 9.97 Å². The first-order chi connectivity index (χ1) is 10.7. The molecule has 0 aliphatic carbocycles. The first-order valence-electron chi connectivity index (χ1n) is 7.15. The number of rotatable bonds is 3. The second-order valence-corrected chi connectivity index (χ2v) is 5.00. The molecular formula is C18H17ClFN3. The third-order valence-corrected chi connectivity index (χ3v) is 3.59. The van der Waals surface area contributed by atoms with E-state index >= 15 is 0 Å². The van der Waals surface area contributed by atoms with Crippen LogP contribution in [0, 0.1) is 5.95 Å². The van der Waals surface area contributed by atoms with Crippen molar-refractivity contribution in [2.24, 2.45) is 0 Å². The minimum absolute atomic E-state index is 0. The van der Waals surface area contributed by atoms with Crippen LogP contribution in [0.1, 0.15) is 12.6 Å². The summed E-state index contributed by atoms with van der Waals surface area (Å²) in [6, 6.07) is 14.9. The molecule has 5 heteroatoms. The van der Waals surface area contributed by atoms with Gasteiger partial charge < -0.3 is 5.73 Å². The van der Waals surface area contributed by atoms with Crippen molar-refractivity contribution in [1.82, 2.24) is 9.97 Å². The molecule has 0 spiro atoms. The Kier molecular flexibility index (Phi) is 5.29. The summed E-state index contributed by atoms with van der Waals surface area (Å²) >= 11 is 0. The van der Waals surface area contributed by atoms with Gasteiger partial charge in [0.15, 0.2) is 0 Å². The fourth-order valence-corrected chi connectivity index (χ4v) is 2.54. The highest BCUT2D eigenvalue weighted by Crippen LogP contribution is 2.33. The van der Waals surface area contributed by atoms with Crippen molar-refractivity contribution in [3.63, 3.8) is 0 Å². The van der Waals surface area contributed by atoms with Crippen molar-refractivity contribution in [3.8, 4) is 22.3 Å². The van der Waals surface area contributed by atoms with Crippen LogP contribution in [0.15, 0.2) is 54.7 Å². The van der Waals surface area contributed by atoms with E-state index in [0.717, 1.165) is 34.4 Å². The number of hydrogen-bond donors (Lipinski definition) is 1. The lowest BCUT2D eigenvalue weighted by atomic mass is 9.94. The minimum Gasteiger partial charge on any atom is -0.384 e. The Balaban J connectivity index is 0.00000192. The normalized spacial score (nSPS) is 10.2. The quantitative estimate of drug-likeness (QED) is 0.719. The molecule has 1 aromatic carbocycles. The lowest BCUT2D eigenvalue weighted by Gasteiger charge is -2.13. The van der Waals surface area contributed by atoms with Crippen LogP contribution in [-0.2, 0) is 6.42 Å². The van der Waals surface area contributed by atoms with E-state index in [-0.39, 0.29) is 12.4 Å². The molecule has 0 aliphatic rings. The predicted molar refractivity (Wildman–Crippen MR) is 93.9 cm³/mol. The first kappa shape index (κ1) is 16.9. The molecule has 0 amide bonds. The van der Waals surface area contributed by atoms with Crippen molar-refractivity contribution in [2.45, 2.75) is 13.3 Å². The number of halogens is 2. The van der Waals surface area contributed by atoms with Crippen molar-refractivity contribution < 1.29 is 4.39 Å². The Bertz CT molecular complexity index is 804. The molecule has 0 aliphatic heterocycles. The number of benzene rings is 1. The number of aromatic nitrogens is 2. The van der Waals surface area contributed by atoms with Gasteiger partial charge in [-0.2, -0.15) is 4.39 Å². The number of hydrogen-bond acceptors (Lipinski definition) is 3. The molecule has 2 heterocycles. The van der Waals surface area contributed by atoms with Crippen LogP contribution < -0.4 is 5.73 Å². The lowest BCUT2D eigenvalue weighted by molar-refractivity contribution is 0.584. The van der Waals surface area contributed by atoms with E-state index < -0.39 is 5.95 Å². The van der Waals surface area contributed by atoms with E-state index in [1.54, 1.807) is 18.3 Å². The maximum atomic E-state index is 13.1. The Hall–Kier alpha value is -2.46. The van der Waals surface area contributed by atoms with Crippen LogP contribution in [0.5, 0.6) is 0 Å². The maximum Gasteiger partial charge on any atom is 0.212 e. The highest BCUT2D eigenvalue weighted by molar-refractivity contribution is 5.85. The summed E-state index contributed by atoms with van der Waals surface area (Å²) < 4.78 is 13.1. The third-order valence-electron chi connectivity index (χ3n) is 3.59. The SMILES string of the molecule is CCc1nc(N)ccc1-c1ccccc1-c1ccc(F)nc1.Cl. The molecule has 3 aromatic rings. The van der Waals surface area contributed by atoms with E-state index in [1.165, 1.54) is 6.07 Å². The second-order valence-electron chi connectivity index (χ2n) is 5.00. The Morgan fingerprint density at radius 3 is 2.35 bits per heavy atom. The van der Waals surface area contributed by atoms with Crippen LogP contribution in [-0.4, -0.2) is 9.97 Å². The van der Waals surface area contributed by atoms with Crippen molar-refractivity contribution in [2.75, 3.05) is 5.73 Å². The van der Waals surface area contributed by atoms with Gasteiger partial charge in [0, 0.05) is 17.3 Å². The molecule has 0 fully saturated rings. The van der Waals surface area contributed by atoms with Crippen molar-refractivity contribution >= 4 is 18.2 Å². The van der Waals surface area contributed by atoms with Crippen LogP contribution in [0.3, 0.4) is 0 Å². The smallest absolute Gasteiger partial charge is 0.212 e. The molecule has 0 atom stereocenters. The lowest BCUT2D eigenvalue weighted by Crippen LogP contribution is -1.98. The standard InChI is InChI=1S/C18H16FN3.ClH/c1-2-16-15(8-10-18(20)22-16)14-6-4-3-5-13(14)12-7-9-17(19)21-11-12;/h3-11H,2H2,1H3,(H2,20,22);1H. The van der Waals surface area contributed by atoms with Crippen LogP contribution in [0.25, 0.3) is 22.3 Å². The van der Waals surface area contributed by atoms with E-state index in [1.807, 2.05) is 37.3 Å². The largest absolute Gasteiger partial charge is 0.384 e. The maximum absolute atomic E-state index is 13.1. The molecule has 118 valence electrons. The molecule has 0 unspecified atom stereocenters. The zero-order chi connectivity index (χ0) is 15.5. The molecule has 23 heavy (non-hydrogen) atoms. The summed E-state index contributed by atoms with van der Waals surface area (Å²) in [6.45, 7) is 2.05. The van der Waals surface area contributed by atoms with Gasteiger partial charge in [0.25, 0.3) is 0 Å². The topological polar surface area (TPSA) is 51.8 Å². The van der Waals surface area contributed by atoms with Gasteiger partial charge in [0.2, 0.25) is 5.95 Å². The summed E-state index contributed by atoms with van der Waals surface area (Å²) in [5, 5.41) is 0. The Morgan fingerprint density at radius 2 is 1.70 bits per heavy atom. The van der Waals surface area contributed by atoms with Gasteiger partial charge in [-0.15, -0.1) is 12.4 Å². The average Bonchev–Trinajstić information content (AvgIpc) is 2.55. The number of nitrogens with two attached hydrogens (primary N) is 1. The highest BCUT2D eigenvalue weighted by Gasteiger charge is 2.11. The van der Waals surface area contributed by atoms with E-state index in [4.69, 9.17) is 5.73 Å². The van der Waals surface area contributed by atoms with Gasteiger partial charge >= 0.3 is 0 Å². The predicted octanol–water partition coefficient (Wildman–Crippen LogP) is 4.52. The summed E-state index contributed by atoms with van der Waals surface area (Å²) in [7, 11) is 0. The van der Waals surface area contributed by atoms with Crippen LogP contribution in [0.2, 0.25) is 0 Å². The number of nitrogens with zero attached hydrogens (tertiary/aromatic N) is 2. The monoisotopic (exact) mass is 329 g/mol. The molecule has 0 radical (unpaired) electrons. The first-order valence-corrected chi connectivity index (χ1v) is 7.15. The van der Waals surface area contributed by atoms with Gasteiger partial charge in [-0.1, -0.05) is 31.2 Å².